The number of carbonyl (C=O) groups excluding carboxylic acids is 1. The number of nitrogens with zero attached hydrogens (tertiary/aromatic N) is 1. The van der Waals surface area contributed by atoms with Crippen LogP contribution in [0.2, 0.25) is 0 Å². The number of β-amino-alcohol motifs (C(OH)–C–C–N with tert-alkyl or cyclic N) is 1. The summed E-state index contributed by atoms with van der Waals surface area (Å²) < 4.78 is 1.18. The first-order valence-electron chi connectivity index (χ1n) is 4.82. The summed E-state index contributed by atoms with van der Waals surface area (Å²) in [6.07, 6.45) is -0.275. The summed E-state index contributed by atoms with van der Waals surface area (Å²) in [5.74, 6) is 0.00288. The van der Waals surface area contributed by atoms with Crippen LogP contribution in [0.5, 0.6) is 0 Å². The molecule has 1 heterocycles. The second kappa shape index (κ2) is 4.09. The Bertz CT molecular complexity index is 406. The summed E-state index contributed by atoms with van der Waals surface area (Å²) >= 11 is 2.26. The Labute approximate surface area is 102 Å². The van der Waals surface area contributed by atoms with Gasteiger partial charge in [-0.3, -0.25) is 4.79 Å². The highest BCUT2D eigenvalue weighted by Crippen LogP contribution is 2.24. The van der Waals surface area contributed by atoms with Gasteiger partial charge in [-0.2, -0.15) is 0 Å². The molecule has 0 spiro atoms. The normalized spacial score (nSPS) is 21.1. The molecule has 15 heavy (non-hydrogen) atoms. The minimum atomic E-state index is -0.517. The van der Waals surface area contributed by atoms with Crippen LogP contribution in [0.3, 0.4) is 0 Å². The number of aryl methyl sites for hydroxylation is 1. The average Bonchev–Trinajstić information content (AvgIpc) is 2.50. The lowest BCUT2D eigenvalue weighted by molar-refractivity contribution is -0.117. The number of halogens is 1. The highest BCUT2D eigenvalue weighted by Gasteiger charge is 2.28. The van der Waals surface area contributed by atoms with Crippen molar-refractivity contribution in [3.05, 3.63) is 27.3 Å². The van der Waals surface area contributed by atoms with Gasteiger partial charge in [0, 0.05) is 9.26 Å². The van der Waals surface area contributed by atoms with E-state index in [0.717, 1.165) is 11.3 Å². The molecule has 1 amide bonds. The molecule has 1 saturated heterocycles. The first-order valence-corrected chi connectivity index (χ1v) is 5.90. The largest absolute Gasteiger partial charge is 0.391 e. The van der Waals surface area contributed by atoms with Crippen molar-refractivity contribution < 1.29 is 9.90 Å². The maximum absolute atomic E-state index is 11.5. The molecular formula is C11H12INO2. The van der Waals surface area contributed by atoms with Crippen LogP contribution < -0.4 is 4.90 Å². The Morgan fingerprint density at radius 3 is 2.80 bits per heavy atom. The molecule has 80 valence electrons. The number of anilines is 1. The number of amides is 1. The number of aliphatic hydroxyl groups is 1. The third kappa shape index (κ3) is 2.15. The monoisotopic (exact) mass is 317 g/mol. The molecule has 1 fully saturated rings. The maximum atomic E-state index is 11.5. The maximum Gasteiger partial charge on any atom is 0.229 e. The summed E-state index contributed by atoms with van der Waals surface area (Å²) in [5.41, 5.74) is 2.04. The first-order chi connectivity index (χ1) is 7.08. The summed E-state index contributed by atoms with van der Waals surface area (Å²) in [4.78, 5) is 13.2. The third-order valence-corrected chi connectivity index (χ3v) is 3.77. The number of carbonyl (C=O) groups is 1. The summed E-state index contributed by atoms with van der Waals surface area (Å²) in [5, 5.41) is 9.39. The number of hydrogen-bond donors (Lipinski definition) is 1. The molecule has 1 aromatic carbocycles. The van der Waals surface area contributed by atoms with Gasteiger partial charge in [0.15, 0.2) is 0 Å². The zero-order valence-corrected chi connectivity index (χ0v) is 10.6. The van der Waals surface area contributed by atoms with E-state index in [1.165, 1.54) is 3.57 Å². The molecule has 1 aliphatic rings. The van der Waals surface area contributed by atoms with Crippen molar-refractivity contribution in [2.75, 3.05) is 11.4 Å². The van der Waals surface area contributed by atoms with Gasteiger partial charge in [0.05, 0.1) is 19.1 Å². The lowest BCUT2D eigenvalue weighted by Gasteiger charge is -2.16. The van der Waals surface area contributed by atoms with Crippen molar-refractivity contribution >= 4 is 34.2 Å². The molecule has 3 nitrogen and oxygen atoms in total. The van der Waals surface area contributed by atoms with E-state index in [2.05, 4.69) is 22.6 Å². The Morgan fingerprint density at radius 2 is 2.27 bits per heavy atom. The van der Waals surface area contributed by atoms with E-state index >= 15 is 0 Å². The summed E-state index contributed by atoms with van der Waals surface area (Å²) in [6.45, 7) is 2.43. The molecule has 1 aliphatic heterocycles. The van der Waals surface area contributed by atoms with E-state index in [0.29, 0.717) is 6.54 Å². The Morgan fingerprint density at radius 1 is 1.53 bits per heavy atom. The minimum Gasteiger partial charge on any atom is -0.391 e. The Hall–Kier alpha value is -0.620. The van der Waals surface area contributed by atoms with Crippen LogP contribution >= 0.6 is 22.6 Å². The zero-order chi connectivity index (χ0) is 11.0. The number of rotatable bonds is 1. The van der Waals surface area contributed by atoms with Crippen LogP contribution in [-0.4, -0.2) is 23.7 Å². The predicted molar refractivity (Wildman–Crippen MR) is 66.9 cm³/mol. The van der Waals surface area contributed by atoms with Crippen LogP contribution in [0.25, 0.3) is 0 Å². The quantitative estimate of drug-likeness (QED) is 0.801. The van der Waals surface area contributed by atoms with Crippen molar-refractivity contribution in [2.45, 2.75) is 19.4 Å². The summed E-state index contributed by atoms with van der Waals surface area (Å²) in [6, 6.07) is 5.89. The highest BCUT2D eigenvalue weighted by atomic mass is 127. The fourth-order valence-electron chi connectivity index (χ4n) is 1.74. The molecule has 0 aromatic heterocycles. The SMILES string of the molecule is Cc1cc(N2CC(O)CC2=O)ccc1I. The van der Waals surface area contributed by atoms with Crippen molar-refractivity contribution in [3.8, 4) is 0 Å². The van der Waals surface area contributed by atoms with Crippen molar-refractivity contribution in [2.24, 2.45) is 0 Å². The van der Waals surface area contributed by atoms with Gasteiger partial charge in [0.25, 0.3) is 0 Å². The molecular weight excluding hydrogens is 305 g/mol. The van der Waals surface area contributed by atoms with Crippen LogP contribution in [-0.2, 0) is 4.79 Å². The van der Waals surface area contributed by atoms with E-state index in [1.54, 1.807) is 4.90 Å². The fraction of sp³-hybridized carbons (Fsp3) is 0.364. The third-order valence-electron chi connectivity index (χ3n) is 2.56. The van der Waals surface area contributed by atoms with Crippen molar-refractivity contribution in [3.63, 3.8) is 0 Å². The second-order valence-electron chi connectivity index (χ2n) is 3.80. The molecule has 1 N–H and O–H groups in total. The Balaban J connectivity index is 2.30. The molecule has 1 aromatic rings. The van der Waals surface area contributed by atoms with Gasteiger partial charge in [-0.15, -0.1) is 0 Å². The molecule has 1 atom stereocenters. The van der Waals surface area contributed by atoms with Crippen LogP contribution in [0, 0.1) is 10.5 Å². The van der Waals surface area contributed by atoms with E-state index in [9.17, 15) is 9.90 Å². The lowest BCUT2D eigenvalue weighted by Crippen LogP contribution is -2.25. The molecule has 0 radical (unpaired) electrons. The zero-order valence-electron chi connectivity index (χ0n) is 8.40. The van der Waals surface area contributed by atoms with Crippen LogP contribution in [0.15, 0.2) is 18.2 Å². The van der Waals surface area contributed by atoms with Gasteiger partial charge in [-0.25, -0.2) is 0 Å². The van der Waals surface area contributed by atoms with Gasteiger partial charge in [0.1, 0.15) is 0 Å². The second-order valence-corrected chi connectivity index (χ2v) is 4.96. The molecule has 2 rings (SSSR count). The predicted octanol–water partition coefficient (Wildman–Crippen LogP) is 1.70. The smallest absolute Gasteiger partial charge is 0.229 e. The van der Waals surface area contributed by atoms with Gasteiger partial charge in [0.2, 0.25) is 5.91 Å². The molecule has 0 bridgehead atoms. The van der Waals surface area contributed by atoms with E-state index in [4.69, 9.17) is 0 Å². The van der Waals surface area contributed by atoms with Gasteiger partial charge >= 0.3 is 0 Å². The van der Waals surface area contributed by atoms with Gasteiger partial charge in [-0.1, -0.05) is 0 Å². The van der Waals surface area contributed by atoms with Crippen LogP contribution in [0.1, 0.15) is 12.0 Å². The van der Waals surface area contributed by atoms with Gasteiger partial charge < -0.3 is 10.0 Å². The lowest BCUT2D eigenvalue weighted by atomic mass is 10.2. The van der Waals surface area contributed by atoms with Crippen molar-refractivity contribution in [1.29, 1.82) is 0 Å². The van der Waals surface area contributed by atoms with Crippen molar-refractivity contribution in [1.82, 2.24) is 0 Å². The average molecular weight is 317 g/mol. The molecule has 1 unspecified atom stereocenters. The molecule has 0 saturated carbocycles. The van der Waals surface area contributed by atoms with E-state index in [1.807, 2.05) is 25.1 Å². The Kier molecular flexibility index (Phi) is 2.97. The van der Waals surface area contributed by atoms with E-state index in [-0.39, 0.29) is 12.3 Å². The van der Waals surface area contributed by atoms with Gasteiger partial charge in [-0.05, 0) is 53.3 Å². The first kappa shape index (κ1) is 10.9. The number of benzene rings is 1. The summed E-state index contributed by atoms with van der Waals surface area (Å²) in [7, 11) is 0. The minimum absolute atomic E-state index is 0.00288. The highest BCUT2D eigenvalue weighted by molar-refractivity contribution is 14.1. The molecule has 4 heteroatoms. The van der Waals surface area contributed by atoms with E-state index < -0.39 is 6.10 Å². The fourth-order valence-corrected chi connectivity index (χ4v) is 2.07. The number of aliphatic hydroxyl groups excluding tert-OH is 1. The number of hydrogen-bond acceptors (Lipinski definition) is 2. The molecule has 0 aliphatic carbocycles. The standard InChI is InChI=1S/C11H12INO2/c1-7-4-8(2-3-10(7)12)13-6-9(14)5-11(13)15/h2-4,9,14H,5-6H2,1H3. The van der Waals surface area contributed by atoms with Crippen LogP contribution in [0.4, 0.5) is 5.69 Å². The topological polar surface area (TPSA) is 40.5 Å².